The minimum absolute atomic E-state index is 0.0756. The lowest BCUT2D eigenvalue weighted by Crippen LogP contribution is -2.41. The maximum atomic E-state index is 8.80. The predicted octanol–water partition coefficient (Wildman–Crippen LogP) is 2.45. The molecule has 0 aliphatic heterocycles. The van der Waals surface area contributed by atoms with Crippen molar-refractivity contribution >= 4 is 0 Å². The van der Waals surface area contributed by atoms with Crippen molar-refractivity contribution in [1.82, 2.24) is 4.90 Å². The van der Waals surface area contributed by atoms with Gasteiger partial charge >= 0.3 is 0 Å². The zero-order chi connectivity index (χ0) is 13.0. The van der Waals surface area contributed by atoms with E-state index in [1.807, 2.05) is 6.07 Å². The summed E-state index contributed by atoms with van der Waals surface area (Å²) in [5.41, 5.74) is 7.44. The molecule has 2 N–H and O–H groups in total. The Hall–Kier alpha value is -1.37. The van der Waals surface area contributed by atoms with Gasteiger partial charge in [-0.2, -0.15) is 5.26 Å². The van der Waals surface area contributed by atoms with E-state index in [2.05, 4.69) is 42.2 Å². The molecule has 1 aliphatic rings. The first kappa shape index (κ1) is 13.1. The van der Waals surface area contributed by atoms with Gasteiger partial charge in [-0.25, -0.2) is 0 Å². The number of rotatable bonds is 6. The van der Waals surface area contributed by atoms with Crippen LogP contribution in [0.4, 0.5) is 0 Å². The van der Waals surface area contributed by atoms with Crippen LogP contribution in [-0.2, 0) is 0 Å². The molecule has 3 nitrogen and oxygen atoms in total. The third-order valence-electron chi connectivity index (χ3n) is 3.49. The summed E-state index contributed by atoms with van der Waals surface area (Å²) in [7, 11) is 0. The monoisotopic (exact) mass is 243 g/mol. The van der Waals surface area contributed by atoms with Crippen molar-refractivity contribution in [3.63, 3.8) is 0 Å². The maximum Gasteiger partial charge on any atom is 0.0635 e. The van der Waals surface area contributed by atoms with E-state index in [9.17, 15) is 0 Å². The summed E-state index contributed by atoms with van der Waals surface area (Å²) < 4.78 is 0. The molecule has 1 fully saturated rings. The number of nitriles is 1. The van der Waals surface area contributed by atoms with Crippen LogP contribution < -0.4 is 5.73 Å². The number of hydrogen-bond acceptors (Lipinski definition) is 3. The van der Waals surface area contributed by atoms with Crippen molar-refractivity contribution in [2.24, 2.45) is 5.73 Å². The van der Waals surface area contributed by atoms with E-state index < -0.39 is 0 Å². The Bertz CT molecular complexity index is 403. The van der Waals surface area contributed by atoms with Gasteiger partial charge in [0.05, 0.1) is 6.07 Å². The van der Waals surface area contributed by atoms with E-state index in [4.69, 9.17) is 11.0 Å². The minimum Gasteiger partial charge on any atom is -0.326 e. The molecule has 0 saturated heterocycles. The van der Waals surface area contributed by atoms with Crippen LogP contribution in [0.15, 0.2) is 30.3 Å². The van der Waals surface area contributed by atoms with Crippen LogP contribution in [0, 0.1) is 11.3 Å². The van der Waals surface area contributed by atoms with Gasteiger partial charge in [-0.05, 0) is 25.3 Å². The Balaban J connectivity index is 2.19. The fourth-order valence-corrected chi connectivity index (χ4v) is 2.58. The molecule has 0 aromatic heterocycles. The summed E-state index contributed by atoms with van der Waals surface area (Å²) in [6.07, 6.45) is 3.05. The summed E-state index contributed by atoms with van der Waals surface area (Å²) in [5, 5.41) is 8.80. The SMILES string of the molecule is CC(N)C(c1ccccc1)N(CCC#N)C1CC1. The lowest BCUT2D eigenvalue weighted by molar-refractivity contribution is 0.170. The predicted molar refractivity (Wildman–Crippen MR) is 72.8 cm³/mol. The van der Waals surface area contributed by atoms with Gasteiger partial charge in [0.15, 0.2) is 0 Å². The smallest absolute Gasteiger partial charge is 0.0635 e. The largest absolute Gasteiger partial charge is 0.326 e. The quantitative estimate of drug-likeness (QED) is 0.835. The third kappa shape index (κ3) is 3.10. The molecule has 2 unspecified atom stereocenters. The van der Waals surface area contributed by atoms with Crippen molar-refractivity contribution in [3.8, 4) is 6.07 Å². The van der Waals surface area contributed by atoms with Crippen molar-refractivity contribution in [1.29, 1.82) is 5.26 Å². The van der Waals surface area contributed by atoms with Crippen LogP contribution in [0.2, 0.25) is 0 Å². The number of benzene rings is 1. The van der Waals surface area contributed by atoms with Gasteiger partial charge in [0.25, 0.3) is 0 Å². The van der Waals surface area contributed by atoms with Gasteiger partial charge < -0.3 is 5.73 Å². The molecule has 0 heterocycles. The molecule has 1 aliphatic carbocycles. The lowest BCUT2D eigenvalue weighted by atomic mass is 9.98. The molecular weight excluding hydrogens is 222 g/mol. The summed E-state index contributed by atoms with van der Waals surface area (Å²) >= 11 is 0. The van der Waals surface area contributed by atoms with Gasteiger partial charge in [-0.15, -0.1) is 0 Å². The minimum atomic E-state index is 0.0756. The average molecular weight is 243 g/mol. The molecule has 1 aromatic rings. The first-order valence-electron chi connectivity index (χ1n) is 6.67. The molecule has 2 rings (SSSR count). The van der Waals surface area contributed by atoms with Gasteiger partial charge in [0.2, 0.25) is 0 Å². The van der Waals surface area contributed by atoms with Crippen LogP contribution in [0.25, 0.3) is 0 Å². The van der Waals surface area contributed by atoms with Crippen molar-refractivity contribution in [2.75, 3.05) is 6.54 Å². The Labute approximate surface area is 109 Å². The Morgan fingerprint density at radius 1 is 1.39 bits per heavy atom. The zero-order valence-electron chi connectivity index (χ0n) is 10.9. The molecule has 1 saturated carbocycles. The average Bonchev–Trinajstić information content (AvgIpc) is 3.19. The summed E-state index contributed by atoms with van der Waals surface area (Å²) in [4.78, 5) is 2.42. The second-order valence-corrected chi connectivity index (χ2v) is 5.09. The third-order valence-corrected chi connectivity index (χ3v) is 3.49. The lowest BCUT2D eigenvalue weighted by Gasteiger charge is -2.34. The van der Waals surface area contributed by atoms with Gasteiger partial charge in [0.1, 0.15) is 0 Å². The normalized spacial score (nSPS) is 18.3. The second kappa shape index (κ2) is 5.99. The molecule has 0 bridgehead atoms. The highest BCUT2D eigenvalue weighted by Crippen LogP contribution is 2.35. The molecule has 2 atom stereocenters. The van der Waals surface area contributed by atoms with E-state index in [-0.39, 0.29) is 12.1 Å². The van der Waals surface area contributed by atoms with E-state index in [1.165, 1.54) is 18.4 Å². The van der Waals surface area contributed by atoms with Crippen LogP contribution in [-0.4, -0.2) is 23.5 Å². The van der Waals surface area contributed by atoms with E-state index in [0.717, 1.165) is 6.54 Å². The standard InChI is InChI=1S/C15H21N3/c1-12(17)15(13-6-3-2-4-7-13)18(11-5-10-16)14-8-9-14/h2-4,6-7,12,14-15H,5,8-9,11,17H2,1H3. The van der Waals surface area contributed by atoms with Gasteiger partial charge in [-0.3, -0.25) is 4.90 Å². The number of nitrogens with two attached hydrogens (primary N) is 1. The highest BCUT2D eigenvalue weighted by atomic mass is 15.2. The van der Waals surface area contributed by atoms with Crippen LogP contribution in [0.1, 0.15) is 37.8 Å². The van der Waals surface area contributed by atoms with Crippen molar-refractivity contribution in [2.45, 2.75) is 44.3 Å². The van der Waals surface area contributed by atoms with E-state index in [1.54, 1.807) is 0 Å². The highest BCUT2D eigenvalue weighted by molar-refractivity contribution is 5.21. The number of nitrogens with zero attached hydrogens (tertiary/aromatic N) is 2. The van der Waals surface area contributed by atoms with E-state index in [0.29, 0.717) is 12.5 Å². The van der Waals surface area contributed by atoms with Crippen molar-refractivity contribution < 1.29 is 0 Å². The molecule has 1 aromatic carbocycles. The molecule has 18 heavy (non-hydrogen) atoms. The van der Waals surface area contributed by atoms with Gasteiger partial charge in [-0.1, -0.05) is 30.3 Å². The Morgan fingerprint density at radius 3 is 2.56 bits per heavy atom. The molecule has 96 valence electrons. The number of hydrogen-bond donors (Lipinski definition) is 1. The fourth-order valence-electron chi connectivity index (χ4n) is 2.58. The first-order valence-corrected chi connectivity index (χ1v) is 6.67. The van der Waals surface area contributed by atoms with Crippen LogP contribution >= 0.6 is 0 Å². The molecule has 3 heteroatoms. The maximum absolute atomic E-state index is 8.80. The highest BCUT2D eigenvalue weighted by Gasteiger charge is 2.35. The summed E-state index contributed by atoms with van der Waals surface area (Å²) in [5.74, 6) is 0. The summed E-state index contributed by atoms with van der Waals surface area (Å²) in [6, 6.07) is 13.6. The first-order chi connectivity index (χ1) is 8.74. The topological polar surface area (TPSA) is 53.0 Å². The fraction of sp³-hybridized carbons (Fsp3) is 0.533. The molecular formula is C15H21N3. The van der Waals surface area contributed by atoms with Crippen molar-refractivity contribution in [3.05, 3.63) is 35.9 Å². The van der Waals surface area contributed by atoms with Crippen LogP contribution in [0.3, 0.4) is 0 Å². The molecule has 0 spiro atoms. The van der Waals surface area contributed by atoms with Gasteiger partial charge in [0, 0.05) is 31.1 Å². The van der Waals surface area contributed by atoms with E-state index >= 15 is 0 Å². The Morgan fingerprint density at radius 2 is 2.06 bits per heavy atom. The molecule has 0 amide bonds. The molecule has 0 radical (unpaired) electrons. The van der Waals surface area contributed by atoms with Crippen LogP contribution in [0.5, 0.6) is 0 Å². The second-order valence-electron chi connectivity index (χ2n) is 5.09. The Kier molecular flexibility index (Phi) is 4.35. The zero-order valence-corrected chi connectivity index (χ0v) is 10.9. The summed E-state index contributed by atoms with van der Waals surface area (Å²) in [6.45, 7) is 2.88.